The number of carbonyl (C=O) groups excluding carboxylic acids is 3. The number of amides is 2. The van der Waals surface area contributed by atoms with Crippen molar-refractivity contribution in [1.29, 1.82) is 0 Å². The summed E-state index contributed by atoms with van der Waals surface area (Å²) in [7, 11) is 3.78. The summed E-state index contributed by atoms with van der Waals surface area (Å²) in [6.45, 7) is 23.0. The third kappa shape index (κ3) is 8.08. The first-order valence-corrected chi connectivity index (χ1v) is 18.3. The largest absolute Gasteiger partial charge is 0.497 e. The molecule has 2 aliphatic rings. The normalized spacial score (nSPS) is 16.0. The molecule has 0 radical (unpaired) electrons. The molecule has 0 spiro atoms. The Labute approximate surface area is 307 Å². The minimum absolute atomic E-state index is 0.0429. The molecule has 1 saturated heterocycles. The number of aromatic nitrogens is 1. The zero-order valence-electron chi connectivity index (χ0n) is 32.6. The number of benzene rings is 2. The van der Waals surface area contributed by atoms with Crippen molar-refractivity contribution in [3.63, 3.8) is 0 Å². The summed E-state index contributed by atoms with van der Waals surface area (Å²) >= 11 is 0. The first-order valence-electron chi connectivity index (χ1n) is 18.3. The molecule has 5 rings (SSSR count). The predicted octanol–water partition coefficient (Wildman–Crippen LogP) is 7.06. The molecular formula is C40H55N5O7. The highest BCUT2D eigenvalue weighted by molar-refractivity contribution is 6.17. The highest BCUT2D eigenvalue weighted by Gasteiger charge is 2.36. The van der Waals surface area contributed by atoms with Crippen LogP contribution in [-0.4, -0.2) is 113 Å². The lowest BCUT2D eigenvalue weighted by atomic mass is 10.1. The van der Waals surface area contributed by atoms with E-state index in [9.17, 15) is 14.4 Å². The molecule has 0 aliphatic carbocycles. The predicted molar refractivity (Wildman–Crippen MR) is 203 cm³/mol. The smallest absolute Gasteiger partial charge is 0.415 e. The molecule has 0 unspecified atom stereocenters. The van der Waals surface area contributed by atoms with E-state index in [4.69, 9.17) is 18.9 Å². The summed E-state index contributed by atoms with van der Waals surface area (Å²) in [5.74, 6) is 0.508. The van der Waals surface area contributed by atoms with Crippen LogP contribution in [-0.2, 0) is 6.54 Å². The quantitative estimate of drug-likeness (QED) is 0.193. The topological polar surface area (TPSA) is 106 Å². The molecule has 0 atom stereocenters. The number of rotatable bonds is 11. The van der Waals surface area contributed by atoms with Gasteiger partial charge in [0.2, 0.25) is 5.78 Å². The van der Waals surface area contributed by atoms with Gasteiger partial charge >= 0.3 is 12.2 Å². The van der Waals surface area contributed by atoms with Gasteiger partial charge in [-0.15, -0.1) is 0 Å². The van der Waals surface area contributed by atoms with E-state index >= 15 is 0 Å². The molecule has 12 nitrogen and oxygen atoms in total. The molecule has 0 saturated carbocycles. The molecule has 0 N–H and O–H groups in total. The molecule has 282 valence electrons. The number of piperazine rings is 1. The number of hydrogen-bond donors (Lipinski definition) is 0. The van der Waals surface area contributed by atoms with Gasteiger partial charge in [-0.3, -0.25) is 9.69 Å². The van der Waals surface area contributed by atoms with Gasteiger partial charge in [0.25, 0.3) is 0 Å². The fourth-order valence-corrected chi connectivity index (χ4v) is 7.26. The number of methoxy groups -OCH3 is 1. The fraction of sp³-hybridized carbons (Fsp3) is 0.525. The monoisotopic (exact) mass is 717 g/mol. The Kier molecular flexibility index (Phi) is 11.9. The molecule has 2 aliphatic heterocycles. The molecule has 1 aromatic heterocycles. The van der Waals surface area contributed by atoms with Gasteiger partial charge in [-0.1, -0.05) is 0 Å². The van der Waals surface area contributed by atoms with Crippen LogP contribution in [0, 0.1) is 6.92 Å². The first-order chi connectivity index (χ1) is 24.6. The molecule has 3 heterocycles. The number of allylic oxidation sites excluding steroid dienone is 1. The van der Waals surface area contributed by atoms with Gasteiger partial charge in [0.15, 0.2) is 11.5 Å². The molecule has 12 heteroatoms. The van der Waals surface area contributed by atoms with Crippen molar-refractivity contribution in [2.24, 2.45) is 0 Å². The average molecular weight is 718 g/mol. The number of ether oxygens (including phenoxy) is 4. The minimum atomic E-state index is -0.627. The second-order valence-electron chi connectivity index (χ2n) is 14.8. The number of ketones is 1. The molecular weight excluding hydrogens is 662 g/mol. The van der Waals surface area contributed by atoms with Crippen molar-refractivity contribution in [2.75, 3.05) is 46.9 Å². The zero-order chi connectivity index (χ0) is 38.0. The van der Waals surface area contributed by atoms with Gasteiger partial charge in [-0.25, -0.2) is 9.59 Å². The van der Waals surface area contributed by atoms with Crippen LogP contribution < -0.4 is 18.9 Å². The van der Waals surface area contributed by atoms with Gasteiger partial charge in [0, 0.05) is 97.7 Å². The third-order valence-corrected chi connectivity index (χ3v) is 9.85. The van der Waals surface area contributed by atoms with Crippen LogP contribution in [0.1, 0.15) is 77.0 Å². The van der Waals surface area contributed by atoms with Crippen LogP contribution in [0.2, 0.25) is 0 Å². The van der Waals surface area contributed by atoms with Gasteiger partial charge in [0.1, 0.15) is 22.8 Å². The number of carbonyl (C=O) groups is 3. The van der Waals surface area contributed by atoms with Crippen LogP contribution in [0.5, 0.6) is 23.0 Å². The van der Waals surface area contributed by atoms with Crippen molar-refractivity contribution in [3.05, 3.63) is 52.9 Å². The van der Waals surface area contributed by atoms with Crippen LogP contribution in [0.3, 0.4) is 0 Å². The van der Waals surface area contributed by atoms with E-state index in [-0.39, 0.29) is 52.7 Å². The summed E-state index contributed by atoms with van der Waals surface area (Å²) in [6.07, 6.45) is 0.553. The van der Waals surface area contributed by atoms with Crippen molar-refractivity contribution in [2.45, 2.75) is 93.0 Å². The maximum atomic E-state index is 14.2. The summed E-state index contributed by atoms with van der Waals surface area (Å²) in [5.41, 5.74) is 2.91. The van der Waals surface area contributed by atoms with Crippen molar-refractivity contribution >= 4 is 34.9 Å². The zero-order valence-corrected chi connectivity index (χ0v) is 32.6. The fourth-order valence-electron chi connectivity index (χ4n) is 7.26. The molecule has 0 bridgehead atoms. The lowest BCUT2D eigenvalue weighted by Crippen LogP contribution is -2.45. The Balaban J connectivity index is 1.55. The number of nitrogens with zero attached hydrogens (tertiary/aromatic N) is 5. The van der Waals surface area contributed by atoms with Crippen LogP contribution in [0.25, 0.3) is 17.0 Å². The highest BCUT2D eigenvalue weighted by atomic mass is 16.6. The van der Waals surface area contributed by atoms with Gasteiger partial charge in [-0.05, 0) is 93.6 Å². The lowest BCUT2D eigenvalue weighted by molar-refractivity contribution is 0.101. The Morgan fingerprint density at radius 3 is 2.00 bits per heavy atom. The van der Waals surface area contributed by atoms with Gasteiger partial charge in [0.05, 0.1) is 7.11 Å². The maximum Gasteiger partial charge on any atom is 0.415 e. The van der Waals surface area contributed by atoms with E-state index in [2.05, 4.69) is 21.4 Å². The van der Waals surface area contributed by atoms with Gasteiger partial charge in [-0.2, -0.15) is 0 Å². The Hall–Kier alpha value is -4.55. The SMILES string of the molecule is COc1ccc2c(c1)c(/C=C1\Oc3cc(OC(=O)N(C(C)C)C(C)C)cc(OC(=O)N(C(C)C)C(C)C)c3C1=O)c(C)n2CCN1CCN(C)CC1. The van der Waals surface area contributed by atoms with E-state index in [0.29, 0.717) is 5.75 Å². The number of Topliss-reactive ketones (excluding diaryl/α,β-unsaturated/α-hetero) is 1. The number of likely N-dealkylation sites (N-methyl/N-ethyl adjacent to an activating group) is 1. The summed E-state index contributed by atoms with van der Waals surface area (Å²) in [6, 6.07) is 8.30. The highest BCUT2D eigenvalue weighted by Crippen LogP contribution is 2.43. The average Bonchev–Trinajstić information content (AvgIpc) is 3.51. The summed E-state index contributed by atoms with van der Waals surface area (Å²) < 4.78 is 25.9. The van der Waals surface area contributed by atoms with E-state index in [1.807, 2.05) is 80.5 Å². The summed E-state index contributed by atoms with van der Waals surface area (Å²) in [5, 5.41) is 0.920. The van der Waals surface area contributed by atoms with E-state index in [0.717, 1.165) is 61.4 Å². The first kappa shape index (κ1) is 38.7. The summed E-state index contributed by atoms with van der Waals surface area (Å²) in [4.78, 5) is 49.1. The van der Waals surface area contributed by atoms with E-state index in [1.165, 1.54) is 12.1 Å². The van der Waals surface area contributed by atoms with Crippen LogP contribution in [0.4, 0.5) is 9.59 Å². The Morgan fingerprint density at radius 2 is 1.42 bits per heavy atom. The number of hydrogen-bond acceptors (Lipinski definition) is 9. The van der Waals surface area contributed by atoms with Gasteiger partial charge < -0.3 is 38.2 Å². The van der Waals surface area contributed by atoms with Crippen LogP contribution >= 0.6 is 0 Å². The van der Waals surface area contributed by atoms with E-state index in [1.54, 1.807) is 23.0 Å². The third-order valence-electron chi connectivity index (χ3n) is 9.85. The lowest BCUT2D eigenvalue weighted by Gasteiger charge is -2.32. The van der Waals surface area contributed by atoms with Crippen LogP contribution in [0.15, 0.2) is 36.1 Å². The Morgan fingerprint density at radius 1 is 0.827 bits per heavy atom. The van der Waals surface area contributed by atoms with Crippen molar-refractivity contribution in [3.8, 4) is 23.0 Å². The molecule has 1 fully saturated rings. The van der Waals surface area contributed by atoms with Crippen molar-refractivity contribution in [1.82, 2.24) is 24.2 Å². The number of fused-ring (bicyclic) bond motifs is 2. The van der Waals surface area contributed by atoms with E-state index < -0.39 is 18.0 Å². The Bertz CT molecular complexity index is 1820. The second-order valence-corrected chi connectivity index (χ2v) is 14.8. The molecule has 2 aromatic carbocycles. The molecule has 2 amide bonds. The second kappa shape index (κ2) is 16.0. The standard InChI is InChI=1S/C40H55N5O7/c1-24(2)44(25(3)4)39(47)50-30-21-34-37(35(22-30)52-40(48)45(26(5)6)27(7)8)38(46)36(51-34)23-31-28(9)43(19-18-42-16-14-41(10)15-17-42)33-13-12-29(49-11)20-32(31)33/h12-13,20-27H,14-19H2,1-11H3/b36-23-. The minimum Gasteiger partial charge on any atom is -0.497 e. The maximum absolute atomic E-state index is 14.2. The van der Waals surface area contributed by atoms with Crippen molar-refractivity contribution < 1.29 is 33.3 Å². The molecule has 52 heavy (non-hydrogen) atoms. The molecule has 3 aromatic rings.